The molecular formula is C15H20O5. The Balaban J connectivity index is 1.93. The third-order valence-electron chi connectivity index (χ3n) is 2.35. The molecule has 1 aromatic carbocycles. The Kier molecular flexibility index (Phi) is 8.93. The van der Waals surface area contributed by atoms with E-state index in [1.807, 2.05) is 0 Å². The molecule has 0 aromatic heterocycles. The lowest BCUT2D eigenvalue weighted by Crippen LogP contribution is -2.12. The molecule has 1 aromatic rings. The predicted octanol–water partition coefficient (Wildman–Crippen LogP) is 2.07. The van der Waals surface area contributed by atoms with Crippen molar-refractivity contribution >= 4 is 6.29 Å². The van der Waals surface area contributed by atoms with Gasteiger partial charge in [-0.15, -0.1) is 0 Å². The molecule has 0 spiro atoms. The Labute approximate surface area is 119 Å². The van der Waals surface area contributed by atoms with Crippen molar-refractivity contribution in [2.75, 3.05) is 39.6 Å². The van der Waals surface area contributed by atoms with Crippen LogP contribution >= 0.6 is 0 Å². The average Bonchev–Trinajstić information content (AvgIpc) is 2.50. The Morgan fingerprint density at radius 1 is 0.900 bits per heavy atom. The molecule has 0 radical (unpaired) electrons. The minimum Gasteiger partial charge on any atom is -0.499 e. The molecule has 1 rings (SSSR count). The standard InChI is InChI=1S/C15H20O5/c1-2-17-7-8-18-9-10-19-11-12-20-15-5-3-14(13-16)4-6-15/h2-6,13H,1,7-12H2. The van der Waals surface area contributed by atoms with Crippen molar-refractivity contribution in [2.45, 2.75) is 0 Å². The number of carbonyl (C=O) groups excluding carboxylic acids is 1. The van der Waals surface area contributed by atoms with E-state index in [0.717, 1.165) is 12.0 Å². The number of ether oxygens (including phenoxy) is 4. The summed E-state index contributed by atoms with van der Waals surface area (Å²) >= 11 is 0. The third kappa shape index (κ3) is 7.56. The van der Waals surface area contributed by atoms with Crippen molar-refractivity contribution < 1.29 is 23.7 Å². The molecular weight excluding hydrogens is 260 g/mol. The second-order valence-electron chi connectivity index (χ2n) is 3.80. The molecule has 0 unspecified atom stereocenters. The van der Waals surface area contributed by atoms with Crippen LogP contribution in [0, 0.1) is 0 Å². The van der Waals surface area contributed by atoms with Crippen molar-refractivity contribution in [3.8, 4) is 5.75 Å². The summed E-state index contributed by atoms with van der Waals surface area (Å²) in [5, 5.41) is 0. The molecule has 0 atom stereocenters. The van der Waals surface area contributed by atoms with Crippen LogP contribution in [0.15, 0.2) is 37.1 Å². The van der Waals surface area contributed by atoms with Crippen LogP contribution in [-0.2, 0) is 14.2 Å². The van der Waals surface area contributed by atoms with E-state index in [0.29, 0.717) is 45.2 Å². The fourth-order valence-corrected chi connectivity index (χ4v) is 1.37. The Morgan fingerprint density at radius 2 is 1.50 bits per heavy atom. The minimum atomic E-state index is 0.458. The Morgan fingerprint density at radius 3 is 2.10 bits per heavy atom. The first-order valence-corrected chi connectivity index (χ1v) is 6.43. The van der Waals surface area contributed by atoms with Crippen LogP contribution in [0.3, 0.4) is 0 Å². The monoisotopic (exact) mass is 280 g/mol. The first-order chi connectivity index (χ1) is 9.86. The van der Waals surface area contributed by atoms with E-state index in [1.54, 1.807) is 24.3 Å². The first kappa shape index (κ1) is 16.2. The summed E-state index contributed by atoms with van der Waals surface area (Å²) in [6, 6.07) is 6.93. The van der Waals surface area contributed by atoms with E-state index in [1.165, 1.54) is 6.26 Å². The highest BCUT2D eigenvalue weighted by molar-refractivity contribution is 5.74. The smallest absolute Gasteiger partial charge is 0.150 e. The van der Waals surface area contributed by atoms with Gasteiger partial charge in [-0.3, -0.25) is 4.79 Å². The molecule has 0 amide bonds. The van der Waals surface area contributed by atoms with Gasteiger partial charge in [0.05, 0.1) is 32.7 Å². The van der Waals surface area contributed by atoms with Crippen molar-refractivity contribution in [2.24, 2.45) is 0 Å². The maximum Gasteiger partial charge on any atom is 0.150 e. The third-order valence-corrected chi connectivity index (χ3v) is 2.35. The van der Waals surface area contributed by atoms with Crippen molar-refractivity contribution in [1.82, 2.24) is 0 Å². The van der Waals surface area contributed by atoms with Crippen LogP contribution < -0.4 is 4.74 Å². The molecule has 0 saturated carbocycles. The number of hydrogen-bond acceptors (Lipinski definition) is 5. The largest absolute Gasteiger partial charge is 0.499 e. The number of aldehydes is 1. The molecule has 0 bridgehead atoms. The van der Waals surface area contributed by atoms with E-state index in [4.69, 9.17) is 18.9 Å². The van der Waals surface area contributed by atoms with Gasteiger partial charge in [0, 0.05) is 5.56 Å². The summed E-state index contributed by atoms with van der Waals surface area (Å²) in [7, 11) is 0. The zero-order chi connectivity index (χ0) is 14.5. The molecule has 5 heteroatoms. The van der Waals surface area contributed by atoms with Gasteiger partial charge < -0.3 is 18.9 Å². The van der Waals surface area contributed by atoms with E-state index in [2.05, 4.69) is 6.58 Å². The van der Waals surface area contributed by atoms with Crippen LogP contribution in [0.5, 0.6) is 5.75 Å². The molecule has 0 heterocycles. The second kappa shape index (κ2) is 11.0. The number of hydrogen-bond donors (Lipinski definition) is 0. The van der Waals surface area contributed by atoms with Gasteiger partial charge in [-0.05, 0) is 24.3 Å². The van der Waals surface area contributed by atoms with Crippen LogP contribution in [0.1, 0.15) is 10.4 Å². The summed E-state index contributed by atoms with van der Waals surface area (Å²) < 4.78 is 20.9. The van der Waals surface area contributed by atoms with Gasteiger partial charge in [0.1, 0.15) is 25.2 Å². The maximum atomic E-state index is 10.5. The predicted molar refractivity (Wildman–Crippen MR) is 75.1 cm³/mol. The van der Waals surface area contributed by atoms with Crippen LogP contribution in [-0.4, -0.2) is 45.9 Å². The van der Waals surface area contributed by atoms with Crippen LogP contribution in [0.2, 0.25) is 0 Å². The molecule has 0 N–H and O–H groups in total. The van der Waals surface area contributed by atoms with Gasteiger partial charge in [-0.2, -0.15) is 0 Å². The quantitative estimate of drug-likeness (QED) is 0.333. The van der Waals surface area contributed by atoms with Crippen LogP contribution in [0.25, 0.3) is 0 Å². The lowest BCUT2D eigenvalue weighted by molar-refractivity contribution is 0.0227. The number of benzene rings is 1. The summed E-state index contributed by atoms with van der Waals surface area (Å²) in [5.41, 5.74) is 0.631. The van der Waals surface area contributed by atoms with Gasteiger partial charge in [0.2, 0.25) is 0 Å². The van der Waals surface area contributed by atoms with Gasteiger partial charge in [0.25, 0.3) is 0 Å². The summed E-state index contributed by atoms with van der Waals surface area (Å²) in [4.78, 5) is 10.5. The van der Waals surface area contributed by atoms with Gasteiger partial charge in [0.15, 0.2) is 0 Å². The maximum absolute atomic E-state index is 10.5. The molecule has 0 aliphatic heterocycles. The van der Waals surface area contributed by atoms with Crippen molar-refractivity contribution in [3.63, 3.8) is 0 Å². The van der Waals surface area contributed by atoms with Gasteiger partial charge >= 0.3 is 0 Å². The summed E-state index contributed by atoms with van der Waals surface area (Å²) in [6.07, 6.45) is 2.19. The van der Waals surface area contributed by atoms with E-state index in [9.17, 15) is 4.79 Å². The highest BCUT2D eigenvalue weighted by Gasteiger charge is 1.95. The molecule has 20 heavy (non-hydrogen) atoms. The molecule has 110 valence electrons. The van der Waals surface area contributed by atoms with E-state index < -0.39 is 0 Å². The summed E-state index contributed by atoms with van der Waals surface area (Å²) in [6.45, 7) is 6.44. The second-order valence-corrected chi connectivity index (χ2v) is 3.80. The highest BCUT2D eigenvalue weighted by Crippen LogP contribution is 2.10. The van der Waals surface area contributed by atoms with E-state index in [-0.39, 0.29) is 0 Å². The lowest BCUT2D eigenvalue weighted by Gasteiger charge is -2.08. The lowest BCUT2D eigenvalue weighted by atomic mass is 10.2. The normalized spacial score (nSPS) is 10.0. The average molecular weight is 280 g/mol. The fraction of sp³-hybridized carbons (Fsp3) is 0.400. The fourth-order valence-electron chi connectivity index (χ4n) is 1.37. The summed E-state index contributed by atoms with van der Waals surface area (Å²) in [5.74, 6) is 0.719. The van der Waals surface area contributed by atoms with Crippen molar-refractivity contribution in [1.29, 1.82) is 0 Å². The molecule has 5 nitrogen and oxygen atoms in total. The zero-order valence-electron chi connectivity index (χ0n) is 11.5. The number of rotatable bonds is 12. The Hall–Kier alpha value is -1.85. The zero-order valence-corrected chi connectivity index (χ0v) is 11.5. The van der Waals surface area contributed by atoms with Crippen molar-refractivity contribution in [3.05, 3.63) is 42.7 Å². The van der Waals surface area contributed by atoms with Gasteiger partial charge in [-0.25, -0.2) is 0 Å². The van der Waals surface area contributed by atoms with E-state index >= 15 is 0 Å². The topological polar surface area (TPSA) is 54.0 Å². The minimum absolute atomic E-state index is 0.458. The Bertz CT molecular complexity index is 374. The SMILES string of the molecule is C=COCCOCCOCCOc1ccc(C=O)cc1. The first-order valence-electron chi connectivity index (χ1n) is 6.43. The highest BCUT2D eigenvalue weighted by atomic mass is 16.6. The van der Waals surface area contributed by atoms with Crippen LogP contribution in [0.4, 0.5) is 0 Å². The molecule has 0 fully saturated rings. The molecule has 0 aliphatic rings. The van der Waals surface area contributed by atoms with Gasteiger partial charge in [-0.1, -0.05) is 6.58 Å². The molecule has 0 saturated heterocycles. The molecule has 0 aliphatic carbocycles. The number of carbonyl (C=O) groups is 1.